The summed E-state index contributed by atoms with van der Waals surface area (Å²) in [6, 6.07) is 17.1. The van der Waals surface area contributed by atoms with E-state index < -0.39 is 0 Å². The van der Waals surface area contributed by atoms with Crippen LogP contribution in [0.4, 0.5) is 5.69 Å². The SMILES string of the molecule is Cc1ccc(C(=O)N2CCC[C@@H](N3CCN(c4ccccc4C)CC3)C2)cc1. The largest absolute Gasteiger partial charge is 0.369 e. The molecule has 0 radical (unpaired) electrons. The van der Waals surface area contributed by atoms with Gasteiger partial charge in [0.1, 0.15) is 0 Å². The second kappa shape index (κ2) is 8.36. The van der Waals surface area contributed by atoms with Gasteiger partial charge in [-0.15, -0.1) is 0 Å². The first kappa shape index (κ1) is 19.0. The van der Waals surface area contributed by atoms with Gasteiger partial charge in [-0.3, -0.25) is 9.69 Å². The Morgan fingerprint density at radius 2 is 1.61 bits per heavy atom. The number of carbonyl (C=O) groups excluding carboxylic acids is 1. The fourth-order valence-corrected chi connectivity index (χ4v) is 4.56. The van der Waals surface area contributed by atoms with Crippen LogP contribution in [0.1, 0.15) is 34.3 Å². The van der Waals surface area contributed by atoms with Gasteiger partial charge in [0.15, 0.2) is 0 Å². The lowest BCUT2D eigenvalue weighted by Gasteiger charge is -2.44. The predicted molar refractivity (Wildman–Crippen MR) is 115 cm³/mol. The van der Waals surface area contributed by atoms with Crippen molar-refractivity contribution in [2.24, 2.45) is 0 Å². The number of likely N-dealkylation sites (tertiary alicyclic amines) is 1. The topological polar surface area (TPSA) is 26.8 Å². The molecule has 0 aromatic heterocycles. The highest BCUT2D eigenvalue weighted by atomic mass is 16.2. The molecule has 2 saturated heterocycles. The third-order valence-electron chi connectivity index (χ3n) is 6.27. The monoisotopic (exact) mass is 377 g/mol. The Hall–Kier alpha value is -2.33. The highest BCUT2D eigenvalue weighted by Gasteiger charge is 2.30. The van der Waals surface area contributed by atoms with E-state index in [0.29, 0.717) is 6.04 Å². The van der Waals surface area contributed by atoms with Gasteiger partial charge in [-0.05, 0) is 50.5 Å². The Morgan fingerprint density at radius 3 is 2.32 bits per heavy atom. The molecule has 2 heterocycles. The van der Waals surface area contributed by atoms with E-state index in [1.165, 1.54) is 23.2 Å². The van der Waals surface area contributed by atoms with Gasteiger partial charge in [0.05, 0.1) is 0 Å². The number of piperazine rings is 1. The lowest BCUT2D eigenvalue weighted by Crippen LogP contribution is -2.56. The first-order valence-electron chi connectivity index (χ1n) is 10.5. The zero-order valence-corrected chi connectivity index (χ0v) is 17.1. The molecule has 148 valence electrons. The number of nitrogens with zero attached hydrogens (tertiary/aromatic N) is 3. The van der Waals surface area contributed by atoms with Crippen molar-refractivity contribution in [1.29, 1.82) is 0 Å². The van der Waals surface area contributed by atoms with E-state index in [1.54, 1.807) is 0 Å². The number of piperidine rings is 1. The molecule has 4 rings (SSSR count). The summed E-state index contributed by atoms with van der Waals surface area (Å²) in [7, 11) is 0. The molecule has 4 nitrogen and oxygen atoms in total. The highest BCUT2D eigenvalue weighted by molar-refractivity contribution is 5.94. The third kappa shape index (κ3) is 4.07. The smallest absolute Gasteiger partial charge is 0.253 e. The molecular weight excluding hydrogens is 346 g/mol. The van der Waals surface area contributed by atoms with Crippen molar-refractivity contribution in [3.8, 4) is 0 Å². The van der Waals surface area contributed by atoms with Crippen molar-refractivity contribution in [2.45, 2.75) is 32.7 Å². The third-order valence-corrected chi connectivity index (χ3v) is 6.27. The molecule has 1 atom stereocenters. The molecular formula is C24H31N3O. The number of hydrogen-bond donors (Lipinski definition) is 0. The van der Waals surface area contributed by atoms with Crippen molar-refractivity contribution in [1.82, 2.24) is 9.80 Å². The number of rotatable bonds is 3. The van der Waals surface area contributed by atoms with Crippen LogP contribution >= 0.6 is 0 Å². The summed E-state index contributed by atoms with van der Waals surface area (Å²) in [5.74, 6) is 0.184. The lowest BCUT2D eigenvalue weighted by molar-refractivity contribution is 0.0563. The Kier molecular flexibility index (Phi) is 5.67. The fourth-order valence-electron chi connectivity index (χ4n) is 4.56. The van der Waals surface area contributed by atoms with E-state index in [2.05, 4.69) is 52.8 Å². The summed E-state index contributed by atoms with van der Waals surface area (Å²) in [6.07, 6.45) is 2.29. The van der Waals surface area contributed by atoms with Crippen LogP contribution in [0.15, 0.2) is 48.5 Å². The maximum absolute atomic E-state index is 12.9. The van der Waals surface area contributed by atoms with Gasteiger partial charge in [-0.25, -0.2) is 0 Å². The number of para-hydroxylation sites is 1. The molecule has 0 spiro atoms. The maximum Gasteiger partial charge on any atom is 0.253 e. The second-order valence-electron chi connectivity index (χ2n) is 8.22. The Balaban J connectivity index is 1.36. The second-order valence-corrected chi connectivity index (χ2v) is 8.22. The molecule has 4 heteroatoms. The summed E-state index contributed by atoms with van der Waals surface area (Å²) < 4.78 is 0. The number of anilines is 1. The standard InChI is InChI=1S/C24H31N3O/c1-19-9-11-21(12-10-19)24(28)27-13-5-7-22(18-27)25-14-16-26(17-15-25)23-8-4-3-6-20(23)2/h3-4,6,8-12,22H,5,7,13-18H2,1-2H3/t22-/m1/s1. The van der Waals surface area contributed by atoms with Gasteiger partial charge < -0.3 is 9.80 Å². The Bertz CT molecular complexity index is 809. The molecule has 2 fully saturated rings. The molecule has 0 aliphatic carbocycles. The summed E-state index contributed by atoms with van der Waals surface area (Å²) in [6.45, 7) is 10.3. The van der Waals surface area contributed by atoms with Crippen molar-refractivity contribution >= 4 is 11.6 Å². The van der Waals surface area contributed by atoms with E-state index >= 15 is 0 Å². The molecule has 2 aromatic rings. The summed E-state index contributed by atoms with van der Waals surface area (Å²) >= 11 is 0. The first-order chi connectivity index (χ1) is 13.6. The molecule has 2 aromatic carbocycles. The number of carbonyl (C=O) groups is 1. The molecule has 0 saturated carbocycles. The van der Waals surface area contributed by atoms with Crippen LogP contribution in [-0.4, -0.2) is 61.0 Å². The molecule has 28 heavy (non-hydrogen) atoms. The van der Waals surface area contributed by atoms with Crippen molar-refractivity contribution in [2.75, 3.05) is 44.2 Å². The maximum atomic E-state index is 12.9. The van der Waals surface area contributed by atoms with E-state index in [-0.39, 0.29) is 5.91 Å². The number of aryl methyl sites for hydroxylation is 2. The van der Waals surface area contributed by atoms with Gasteiger partial charge in [-0.2, -0.15) is 0 Å². The van der Waals surface area contributed by atoms with Gasteiger partial charge in [-0.1, -0.05) is 35.9 Å². The molecule has 0 N–H and O–H groups in total. The number of hydrogen-bond acceptors (Lipinski definition) is 3. The summed E-state index contributed by atoms with van der Waals surface area (Å²) in [5.41, 5.74) is 4.72. The molecule has 1 amide bonds. The van der Waals surface area contributed by atoms with Crippen LogP contribution < -0.4 is 4.90 Å². The van der Waals surface area contributed by atoms with E-state index in [1.807, 2.05) is 24.3 Å². The molecule has 2 aliphatic heterocycles. The van der Waals surface area contributed by atoms with Gasteiger partial charge in [0.25, 0.3) is 5.91 Å². The highest BCUT2D eigenvalue weighted by Crippen LogP contribution is 2.24. The normalized spacial score (nSPS) is 21.0. The Labute approximate surface area is 168 Å². The first-order valence-corrected chi connectivity index (χ1v) is 10.5. The van der Waals surface area contributed by atoms with Gasteiger partial charge >= 0.3 is 0 Å². The summed E-state index contributed by atoms with van der Waals surface area (Å²) in [4.78, 5) is 20.1. The van der Waals surface area contributed by atoms with Gasteiger partial charge in [0.2, 0.25) is 0 Å². The molecule has 0 bridgehead atoms. The minimum absolute atomic E-state index is 0.184. The van der Waals surface area contributed by atoms with Crippen molar-refractivity contribution < 1.29 is 4.79 Å². The molecule has 0 unspecified atom stereocenters. The van der Waals surface area contributed by atoms with Crippen LogP contribution in [0.5, 0.6) is 0 Å². The zero-order valence-electron chi connectivity index (χ0n) is 17.1. The van der Waals surface area contributed by atoms with Crippen LogP contribution in [0.25, 0.3) is 0 Å². The summed E-state index contributed by atoms with van der Waals surface area (Å²) in [5, 5.41) is 0. The zero-order chi connectivity index (χ0) is 19.5. The number of amides is 1. The fraction of sp³-hybridized carbons (Fsp3) is 0.458. The quantitative estimate of drug-likeness (QED) is 0.815. The average molecular weight is 378 g/mol. The predicted octanol–water partition coefficient (Wildman–Crippen LogP) is 3.73. The van der Waals surface area contributed by atoms with Crippen LogP contribution in [0.3, 0.4) is 0 Å². The van der Waals surface area contributed by atoms with Crippen molar-refractivity contribution in [3.05, 3.63) is 65.2 Å². The van der Waals surface area contributed by atoms with Crippen LogP contribution in [-0.2, 0) is 0 Å². The Morgan fingerprint density at radius 1 is 0.893 bits per heavy atom. The van der Waals surface area contributed by atoms with Gasteiger partial charge in [0, 0.05) is 56.6 Å². The minimum Gasteiger partial charge on any atom is -0.369 e. The number of benzene rings is 2. The molecule has 2 aliphatic rings. The van der Waals surface area contributed by atoms with E-state index in [0.717, 1.165) is 51.3 Å². The van der Waals surface area contributed by atoms with Crippen LogP contribution in [0.2, 0.25) is 0 Å². The van der Waals surface area contributed by atoms with Crippen LogP contribution in [0, 0.1) is 13.8 Å². The lowest BCUT2D eigenvalue weighted by atomic mass is 10.0. The van der Waals surface area contributed by atoms with E-state index in [4.69, 9.17) is 0 Å². The minimum atomic E-state index is 0.184. The van der Waals surface area contributed by atoms with E-state index in [9.17, 15) is 4.79 Å². The average Bonchev–Trinajstić information content (AvgIpc) is 2.74. The van der Waals surface area contributed by atoms with Crippen molar-refractivity contribution in [3.63, 3.8) is 0 Å².